The molecule has 0 atom stereocenters. The Kier molecular flexibility index (Phi) is 6.86. The molecule has 0 aliphatic rings. The summed E-state index contributed by atoms with van der Waals surface area (Å²) in [7, 11) is 0. The van der Waals surface area contributed by atoms with Crippen LogP contribution in [-0.4, -0.2) is 28.6 Å². The molecule has 0 unspecified atom stereocenters. The molecule has 3 rings (SSSR count). The van der Waals surface area contributed by atoms with Gasteiger partial charge in [0.05, 0.1) is 12.2 Å². The van der Waals surface area contributed by atoms with E-state index in [-0.39, 0.29) is 30.4 Å². The molecule has 0 aliphatic heterocycles. The zero-order valence-electron chi connectivity index (χ0n) is 15.6. The minimum atomic E-state index is -1.01. The van der Waals surface area contributed by atoms with Gasteiger partial charge in [0.15, 0.2) is 0 Å². The van der Waals surface area contributed by atoms with Gasteiger partial charge in [-0.15, -0.1) is 11.8 Å². The Labute approximate surface area is 172 Å². The summed E-state index contributed by atoms with van der Waals surface area (Å²) in [5, 5.41) is 16.3. The molecular weight excluding hydrogens is 388 g/mol. The first-order valence-electron chi connectivity index (χ1n) is 9.03. The second kappa shape index (κ2) is 9.75. The molecule has 0 aliphatic carbocycles. The van der Waals surface area contributed by atoms with Crippen molar-refractivity contribution in [3.8, 4) is 0 Å². The highest BCUT2D eigenvalue weighted by atomic mass is 32.2. The highest BCUT2D eigenvalue weighted by molar-refractivity contribution is 8.00. The molecule has 148 valence electrons. The summed E-state index contributed by atoms with van der Waals surface area (Å²) >= 11 is 1.36. The van der Waals surface area contributed by atoms with Gasteiger partial charge in [-0.25, -0.2) is 0 Å². The van der Waals surface area contributed by atoms with Gasteiger partial charge in [0.2, 0.25) is 11.8 Å². The third-order valence-corrected chi connectivity index (χ3v) is 5.11. The van der Waals surface area contributed by atoms with Crippen LogP contribution < -0.4 is 10.6 Å². The van der Waals surface area contributed by atoms with E-state index in [0.29, 0.717) is 5.69 Å². The lowest BCUT2D eigenvalue weighted by Gasteiger charge is -2.09. The number of aliphatic carboxylic acids is 1. The quantitative estimate of drug-likeness (QED) is 0.481. The maximum absolute atomic E-state index is 12.4. The van der Waals surface area contributed by atoms with Crippen LogP contribution in [0.3, 0.4) is 0 Å². The number of rotatable bonds is 8. The second-order valence-corrected chi connectivity index (χ2v) is 7.38. The first-order valence-corrected chi connectivity index (χ1v) is 10.0. The van der Waals surface area contributed by atoms with E-state index in [9.17, 15) is 14.4 Å². The van der Waals surface area contributed by atoms with Crippen LogP contribution in [0.15, 0.2) is 71.6 Å². The number of hydrogen-bond donors (Lipinski definition) is 3. The van der Waals surface area contributed by atoms with Gasteiger partial charge >= 0.3 is 5.97 Å². The fourth-order valence-electron chi connectivity index (χ4n) is 2.78. The monoisotopic (exact) mass is 408 g/mol. The molecule has 2 amide bonds. The number of fused-ring (bicyclic) bond motifs is 1. The molecule has 29 heavy (non-hydrogen) atoms. The van der Waals surface area contributed by atoms with Gasteiger partial charge in [-0.05, 0) is 29.7 Å². The van der Waals surface area contributed by atoms with Gasteiger partial charge < -0.3 is 15.7 Å². The van der Waals surface area contributed by atoms with Crippen LogP contribution in [0.1, 0.15) is 12.8 Å². The van der Waals surface area contributed by atoms with Gasteiger partial charge in [0, 0.05) is 28.1 Å². The second-order valence-electron chi connectivity index (χ2n) is 6.33. The summed E-state index contributed by atoms with van der Waals surface area (Å²) in [5.41, 5.74) is 1.34. The number of thioether (sulfide) groups is 1. The molecule has 0 radical (unpaired) electrons. The number of carboxylic acids is 1. The summed E-state index contributed by atoms with van der Waals surface area (Å²) in [4.78, 5) is 35.5. The Morgan fingerprint density at radius 1 is 0.828 bits per heavy atom. The van der Waals surface area contributed by atoms with E-state index in [0.717, 1.165) is 21.4 Å². The lowest BCUT2D eigenvalue weighted by molar-refractivity contribution is -0.138. The van der Waals surface area contributed by atoms with Crippen LogP contribution in [0.5, 0.6) is 0 Å². The van der Waals surface area contributed by atoms with E-state index < -0.39 is 5.97 Å². The van der Waals surface area contributed by atoms with Crippen LogP contribution in [0.2, 0.25) is 0 Å². The molecule has 0 saturated heterocycles. The largest absolute Gasteiger partial charge is 0.481 e. The summed E-state index contributed by atoms with van der Waals surface area (Å²) in [6.07, 6.45) is -0.297. The Bertz CT molecular complexity index is 1050. The van der Waals surface area contributed by atoms with E-state index in [4.69, 9.17) is 5.11 Å². The number of carboxylic acid groups (broad SMARTS) is 1. The van der Waals surface area contributed by atoms with Crippen molar-refractivity contribution < 1.29 is 19.5 Å². The molecule has 3 aromatic carbocycles. The van der Waals surface area contributed by atoms with Crippen molar-refractivity contribution in [3.63, 3.8) is 0 Å². The number of carbonyl (C=O) groups excluding carboxylic acids is 2. The molecule has 3 aromatic rings. The van der Waals surface area contributed by atoms with Crippen molar-refractivity contribution in [2.75, 3.05) is 16.4 Å². The predicted molar refractivity (Wildman–Crippen MR) is 115 cm³/mol. The molecule has 3 N–H and O–H groups in total. The zero-order valence-corrected chi connectivity index (χ0v) is 16.4. The minimum Gasteiger partial charge on any atom is -0.481 e. The third-order valence-electron chi connectivity index (χ3n) is 4.12. The minimum absolute atomic E-state index is 0.0832. The van der Waals surface area contributed by atoms with E-state index in [1.54, 1.807) is 18.2 Å². The van der Waals surface area contributed by atoms with E-state index in [1.807, 2.05) is 48.5 Å². The molecule has 0 fully saturated rings. The number of anilines is 2. The van der Waals surface area contributed by atoms with Gasteiger partial charge in [0.25, 0.3) is 0 Å². The predicted octanol–water partition coefficient (Wildman–Crippen LogP) is 4.37. The Morgan fingerprint density at radius 3 is 2.41 bits per heavy atom. The Hall–Kier alpha value is -3.32. The van der Waals surface area contributed by atoms with E-state index in [1.165, 1.54) is 11.8 Å². The average Bonchev–Trinajstić information content (AvgIpc) is 2.71. The molecule has 0 aromatic heterocycles. The zero-order chi connectivity index (χ0) is 20.6. The molecule has 0 bridgehead atoms. The maximum atomic E-state index is 12.4. The standard InChI is InChI=1S/C22H20N2O4S/c25-20(11-12-22(27)28)23-16-7-4-8-17(13-16)29-14-21(26)24-19-10-3-6-15-5-1-2-9-18(15)19/h1-10,13H,11-12,14H2,(H,23,25)(H,24,26)(H,27,28). The van der Waals surface area contributed by atoms with Crippen molar-refractivity contribution in [1.29, 1.82) is 0 Å². The van der Waals surface area contributed by atoms with Gasteiger partial charge in [-0.2, -0.15) is 0 Å². The maximum Gasteiger partial charge on any atom is 0.303 e. The fraction of sp³-hybridized carbons (Fsp3) is 0.136. The normalized spacial score (nSPS) is 10.5. The molecule has 6 nitrogen and oxygen atoms in total. The molecule has 7 heteroatoms. The first-order chi connectivity index (χ1) is 14.0. The summed E-state index contributed by atoms with van der Waals surface area (Å²) in [6.45, 7) is 0. The lowest BCUT2D eigenvalue weighted by Crippen LogP contribution is -2.14. The Balaban J connectivity index is 1.56. The molecule has 0 spiro atoms. The highest BCUT2D eigenvalue weighted by Crippen LogP contribution is 2.25. The molecule has 0 heterocycles. The van der Waals surface area contributed by atoms with Crippen molar-refractivity contribution in [2.24, 2.45) is 0 Å². The van der Waals surface area contributed by atoms with Gasteiger partial charge in [0.1, 0.15) is 0 Å². The van der Waals surface area contributed by atoms with Crippen molar-refractivity contribution in [2.45, 2.75) is 17.7 Å². The Morgan fingerprint density at radius 2 is 1.59 bits per heavy atom. The number of amides is 2. The molecule has 0 saturated carbocycles. The van der Waals surface area contributed by atoms with Gasteiger partial charge in [-0.3, -0.25) is 14.4 Å². The van der Waals surface area contributed by atoms with Crippen LogP contribution in [-0.2, 0) is 14.4 Å². The smallest absolute Gasteiger partial charge is 0.303 e. The van der Waals surface area contributed by atoms with E-state index in [2.05, 4.69) is 10.6 Å². The van der Waals surface area contributed by atoms with E-state index >= 15 is 0 Å². The number of nitrogens with one attached hydrogen (secondary N) is 2. The van der Waals surface area contributed by atoms with Crippen molar-refractivity contribution in [1.82, 2.24) is 0 Å². The van der Waals surface area contributed by atoms with Crippen molar-refractivity contribution in [3.05, 3.63) is 66.7 Å². The number of carbonyl (C=O) groups is 3. The molecular formula is C22H20N2O4S. The third kappa shape index (κ3) is 6.08. The summed E-state index contributed by atoms with van der Waals surface area (Å²) in [6, 6.07) is 20.7. The fourth-order valence-corrected chi connectivity index (χ4v) is 3.53. The van der Waals surface area contributed by atoms with Crippen LogP contribution in [0.4, 0.5) is 11.4 Å². The number of hydrogen-bond acceptors (Lipinski definition) is 4. The van der Waals surface area contributed by atoms with Gasteiger partial charge in [-0.1, -0.05) is 42.5 Å². The topological polar surface area (TPSA) is 95.5 Å². The van der Waals surface area contributed by atoms with Crippen LogP contribution in [0, 0.1) is 0 Å². The van der Waals surface area contributed by atoms with Crippen LogP contribution >= 0.6 is 11.8 Å². The number of benzene rings is 3. The SMILES string of the molecule is O=C(O)CCC(=O)Nc1cccc(SCC(=O)Nc2cccc3ccccc23)c1. The first kappa shape index (κ1) is 20.4. The summed E-state index contributed by atoms with van der Waals surface area (Å²) in [5.74, 6) is -1.27. The average molecular weight is 408 g/mol. The highest BCUT2D eigenvalue weighted by Gasteiger charge is 2.09. The summed E-state index contributed by atoms with van der Waals surface area (Å²) < 4.78 is 0. The lowest BCUT2D eigenvalue weighted by atomic mass is 10.1. The van der Waals surface area contributed by atoms with Crippen molar-refractivity contribution >= 4 is 51.7 Å². The van der Waals surface area contributed by atoms with Crippen LogP contribution in [0.25, 0.3) is 10.8 Å².